The second-order valence-electron chi connectivity index (χ2n) is 12.4. The Kier molecular flexibility index (Phi) is 11.1. The van der Waals surface area contributed by atoms with Gasteiger partial charge in [-0.1, -0.05) is 43.1 Å². The maximum Gasteiger partial charge on any atom is 0.416 e. The largest absolute Gasteiger partial charge is 0.416 e. The van der Waals surface area contributed by atoms with E-state index >= 15 is 0 Å². The summed E-state index contributed by atoms with van der Waals surface area (Å²) < 4.78 is 40.7. The average molecular weight is 657 g/mol. The average Bonchev–Trinajstić information content (AvgIpc) is 2.95. The molecule has 0 aromatic heterocycles. The van der Waals surface area contributed by atoms with Gasteiger partial charge in [-0.15, -0.1) is 0 Å². The third-order valence-electron chi connectivity index (χ3n) is 8.52. The van der Waals surface area contributed by atoms with E-state index < -0.39 is 23.8 Å². The van der Waals surface area contributed by atoms with Crippen LogP contribution in [0.15, 0.2) is 36.4 Å². The lowest BCUT2D eigenvalue weighted by Crippen LogP contribution is -2.61. The number of amides is 2. The van der Waals surface area contributed by atoms with Crippen LogP contribution in [0.3, 0.4) is 0 Å². The van der Waals surface area contributed by atoms with Gasteiger partial charge in [-0.2, -0.15) is 13.2 Å². The highest BCUT2D eigenvalue weighted by atomic mass is 35.5. The van der Waals surface area contributed by atoms with Gasteiger partial charge in [-0.05, 0) is 67.6 Å². The van der Waals surface area contributed by atoms with E-state index in [9.17, 15) is 22.8 Å². The number of carbonyl (C=O) groups is 2. The Morgan fingerprint density at radius 2 is 1.64 bits per heavy atom. The third kappa shape index (κ3) is 8.19. The Labute approximate surface area is 268 Å². The summed E-state index contributed by atoms with van der Waals surface area (Å²) in [5, 5.41) is 0.913. The number of halogens is 5. The van der Waals surface area contributed by atoms with E-state index in [0.29, 0.717) is 67.0 Å². The molecule has 2 aliphatic heterocycles. The molecule has 4 rings (SSSR count). The number of anilines is 1. The van der Waals surface area contributed by atoms with Crippen molar-refractivity contribution in [2.24, 2.45) is 11.7 Å². The monoisotopic (exact) mass is 655 g/mol. The smallest absolute Gasteiger partial charge is 0.368 e. The van der Waals surface area contributed by atoms with Gasteiger partial charge in [0, 0.05) is 73.5 Å². The Balaban J connectivity index is 1.55. The molecule has 0 bridgehead atoms. The highest BCUT2D eigenvalue weighted by molar-refractivity contribution is 6.35. The fourth-order valence-electron chi connectivity index (χ4n) is 6.03. The molecule has 0 aliphatic carbocycles. The van der Waals surface area contributed by atoms with Crippen molar-refractivity contribution in [3.63, 3.8) is 0 Å². The van der Waals surface area contributed by atoms with Crippen molar-refractivity contribution < 1.29 is 22.8 Å². The quantitative estimate of drug-likeness (QED) is 0.366. The fraction of sp³-hybridized carbons (Fsp3) is 0.562. The molecule has 44 heavy (non-hydrogen) atoms. The van der Waals surface area contributed by atoms with Crippen molar-refractivity contribution >= 4 is 40.7 Å². The Morgan fingerprint density at radius 1 is 0.955 bits per heavy atom. The van der Waals surface area contributed by atoms with Crippen LogP contribution >= 0.6 is 23.2 Å². The first-order valence-corrected chi connectivity index (χ1v) is 15.9. The molecule has 0 radical (unpaired) electrons. The standard InChI is InChI=1S/C32H42Cl2F3N5O2/c1-20(2)15-27(38)25-17-23(32(35,36)37)6-8-28(25)39-9-11-40(12-10-39)31(44)29(16-22-5-7-24(33)18-26(22)34)42-14-13-41(21(3)4)19-30(42)43/h5-8,17-18,20-21,27,29H,9-16,19,38H2,1-4H3. The molecule has 12 heteroatoms. The van der Waals surface area contributed by atoms with Gasteiger partial charge in [-0.25, -0.2) is 0 Å². The SMILES string of the molecule is CC(C)CC(N)c1cc(C(F)(F)F)ccc1N1CCN(C(=O)C(Cc2ccc(Cl)cc2Cl)N2CCN(C(C)C)CC2=O)CC1. The number of benzene rings is 2. The van der Waals surface area contributed by atoms with E-state index in [1.165, 1.54) is 6.07 Å². The van der Waals surface area contributed by atoms with Crippen molar-refractivity contribution in [2.75, 3.05) is 50.7 Å². The van der Waals surface area contributed by atoms with Crippen LogP contribution in [0.5, 0.6) is 0 Å². The predicted octanol–water partition coefficient (Wildman–Crippen LogP) is 5.87. The molecule has 2 aromatic rings. The van der Waals surface area contributed by atoms with Gasteiger partial charge in [0.15, 0.2) is 0 Å². The maximum absolute atomic E-state index is 14.1. The van der Waals surface area contributed by atoms with Gasteiger partial charge in [0.25, 0.3) is 0 Å². The van der Waals surface area contributed by atoms with Crippen LogP contribution in [0.25, 0.3) is 0 Å². The van der Waals surface area contributed by atoms with Crippen LogP contribution < -0.4 is 10.6 Å². The number of piperazine rings is 2. The van der Waals surface area contributed by atoms with Crippen LogP contribution in [0.1, 0.15) is 56.8 Å². The second kappa shape index (κ2) is 14.3. The molecule has 2 amide bonds. The van der Waals surface area contributed by atoms with Gasteiger partial charge in [0.2, 0.25) is 11.8 Å². The lowest BCUT2D eigenvalue weighted by molar-refractivity contribution is -0.150. The lowest BCUT2D eigenvalue weighted by atomic mass is 9.94. The molecule has 0 saturated carbocycles. The van der Waals surface area contributed by atoms with E-state index in [0.717, 1.165) is 17.7 Å². The third-order valence-corrected chi connectivity index (χ3v) is 9.11. The fourth-order valence-corrected chi connectivity index (χ4v) is 6.52. The summed E-state index contributed by atoms with van der Waals surface area (Å²) in [7, 11) is 0. The lowest BCUT2D eigenvalue weighted by Gasteiger charge is -2.43. The molecule has 2 fully saturated rings. The molecule has 2 atom stereocenters. The van der Waals surface area contributed by atoms with Crippen LogP contribution in [0.2, 0.25) is 10.0 Å². The first-order chi connectivity index (χ1) is 20.6. The summed E-state index contributed by atoms with van der Waals surface area (Å²) in [5.41, 5.74) is 7.54. The molecule has 0 spiro atoms. The van der Waals surface area contributed by atoms with Gasteiger partial charge >= 0.3 is 6.18 Å². The van der Waals surface area contributed by atoms with Gasteiger partial charge in [0.05, 0.1) is 12.1 Å². The summed E-state index contributed by atoms with van der Waals surface area (Å²) in [6.07, 6.45) is -3.69. The first kappa shape index (κ1) is 34.3. The normalized spacial score (nSPS) is 18.4. The van der Waals surface area contributed by atoms with E-state index in [1.807, 2.05) is 32.6 Å². The minimum Gasteiger partial charge on any atom is -0.368 e. The number of rotatable bonds is 9. The van der Waals surface area contributed by atoms with Gasteiger partial charge in [0.1, 0.15) is 6.04 Å². The van der Waals surface area contributed by atoms with Crippen molar-refractivity contribution in [2.45, 2.75) is 64.8 Å². The number of hydrogen-bond donors (Lipinski definition) is 1. The topological polar surface area (TPSA) is 73.1 Å². The summed E-state index contributed by atoms with van der Waals surface area (Å²) in [6.45, 7) is 10.9. The Morgan fingerprint density at radius 3 is 2.20 bits per heavy atom. The summed E-state index contributed by atoms with van der Waals surface area (Å²) in [5.74, 6) is -0.0789. The summed E-state index contributed by atoms with van der Waals surface area (Å²) in [6, 6.07) is 7.77. The number of hydrogen-bond acceptors (Lipinski definition) is 5. The van der Waals surface area contributed by atoms with Crippen LogP contribution in [0.4, 0.5) is 18.9 Å². The first-order valence-electron chi connectivity index (χ1n) is 15.1. The van der Waals surface area contributed by atoms with Crippen molar-refractivity contribution in [3.05, 3.63) is 63.1 Å². The highest BCUT2D eigenvalue weighted by Crippen LogP contribution is 2.37. The molecular weight excluding hydrogens is 614 g/mol. The number of carbonyl (C=O) groups excluding carboxylic acids is 2. The number of nitrogens with zero attached hydrogens (tertiary/aromatic N) is 4. The molecule has 2 N–H and O–H groups in total. The molecule has 2 saturated heterocycles. The van der Waals surface area contributed by atoms with Crippen LogP contribution in [0, 0.1) is 5.92 Å². The second-order valence-corrected chi connectivity index (χ2v) is 13.3. The summed E-state index contributed by atoms with van der Waals surface area (Å²) >= 11 is 12.6. The zero-order valence-corrected chi connectivity index (χ0v) is 27.2. The van der Waals surface area contributed by atoms with Crippen LogP contribution in [-0.2, 0) is 22.2 Å². The number of alkyl halides is 3. The molecule has 2 unspecified atom stereocenters. The molecule has 2 aliphatic rings. The van der Waals surface area contributed by atoms with Gasteiger partial charge < -0.3 is 20.4 Å². The van der Waals surface area contributed by atoms with Crippen molar-refractivity contribution in [1.82, 2.24) is 14.7 Å². The van der Waals surface area contributed by atoms with E-state index in [2.05, 4.69) is 4.90 Å². The minimum atomic E-state index is -4.48. The molecule has 7 nitrogen and oxygen atoms in total. The zero-order chi connectivity index (χ0) is 32.3. The van der Waals surface area contributed by atoms with Gasteiger partial charge in [-0.3, -0.25) is 14.5 Å². The maximum atomic E-state index is 14.1. The summed E-state index contributed by atoms with van der Waals surface area (Å²) in [4.78, 5) is 34.9. The highest BCUT2D eigenvalue weighted by Gasteiger charge is 2.38. The minimum absolute atomic E-state index is 0.111. The molecular formula is C32H42Cl2F3N5O2. The van der Waals surface area contributed by atoms with E-state index in [4.69, 9.17) is 28.9 Å². The van der Waals surface area contributed by atoms with E-state index in [1.54, 1.807) is 28.0 Å². The predicted molar refractivity (Wildman–Crippen MR) is 169 cm³/mol. The van der Waals surface area contributed by atoms with Crippen molar-refractivity contribution in [3.8, 4) is 0 Å². The zero-order valence-electron chi connectivity index (χ0n) is 25.7. The number of nitrogens with two attached hydrogens (primary N) is 1. The molecule has 242 valence electrons. The van der Waals surface area contributed by atoms with E-state index in [-0.39, 0.29) is 36.7 Å². The Bertz CT molecular complexity index is 1330. The molecule has 2 heterocycles. The molecule has 2 aromatic carbocycles. The van der Waals surface area contributed by atoms with Crippen molar-refractivity contribution in [1.29, 1.82) is 0 Å². The van der Waals surface area contributed by atoms with Crippen LogP contribution in [-0.4, -0.2) is 84.4 Å². The Hall–Kier alpha value is -2.53.